The van der Waals surface area contributed by atoms with E-state index in [1.54, 1.807) is 0 Å². The molecule has 0 spiro atoms. The molecular weight excluding hydrogens is 238 g/mol. The number of carbonyl (C=O) groups is 2. The van der Waals surface area contributed by atoms with E-state index in [9.17, 15) is 9.59 Å². The minimum Gasteiger partial charge on any atom is -0.478 e. The first-order valence-corrected chi connectivity index (χ1v) is 5.05. The van der Waals surface area contributed by atoms with Crippen LogP contribution < -0.4 is 10.1 Å². The molecule has 6 heteroatoms. The van der Waals surface area contributed by atoms with E-state index in [0.717, 1.165) is 0 Å². The van der Waals surface area contributed by atoms with Gasteiger partial charge in [0.25, 0.3) is 0 Å². The van der Waals surface area contributed by atoms with E-state index in [-0.39, 0.29) is 24.0 Å². The molecule has 0 bridgehead atoms. The van der Waals surface area contributed by atoms with Gasteiger partial charge in [-0.3, -0.25) is 4.79 Å². The molecule has 96 valence electrons. The molecule has 1 rings (SSSR count). The average Bonchev–Trinajstić information content (AvgIpc) is 2.30. The number of carboxylic acids is 1. The van der Waals surface area contributed by atoms with Crippen LogP contribution in [0.15, 0.2) is 31.0 Å². The number of carbonyl (C=O) groups excluding carboxylic acids is 1. The molecule has 6 nitrogen and oxygen atoms in total. The Balaban J connectivity index is 2.93. The van der Waals surface area contributed by atoms with Gasteiger partial charge in [0, 0.05) is 12.6 Å². The van der Waals surface area contributed by atoms with Gasteiger partial charge in [-0.1, -0.05) is 6.58 Å². The van der Waals surface area contributed by atoms with Gasteiger partial charge in [0.05, 0.1) is 6.26 Å². The van der Waals surface area contributed by atoms with Crippen molar-refractivity contribution in [2.24, 2.45) is 0 Å². The first kappa shape index (κ1) is 13.6. The molecule has 1 aromatic carbocycles. The predicted octanol–water partition coefficient (Wildman–Crippen LogP) is 1.84. The number of aromatic carboxylic acids is 1. The van der Waals surface area contributed by atoms with Gasteiger partial charge >= 0.3 is 5.97 Å². The lowest BCUT2D eigenvalue weighted by Gasteiger charge is -2.10. The second-order valence-corrected chi connectivity index (χ2v) is 3.29. The number of hydrogen-bond acceptors (Lipinski definition) is 4. The quantitative estimate of drug-likeness (QED) is 0.458. The van der Waals surface area contributed by atoms with Crippen molar-refractivity contribution in [1.29, 1.82) is 0 Å². The molecule has 1 amide bonds. The van der Waals surface area contributed by atoms with E-state index in [1.165, 1.54) is 31.4 Å². The van der Waals surface area contributed by atoms with Crippen molar-refractivity contribution < 1.29 is 24.2 Å². The van der Waals surface area contributed by atoms with Crippen molar-refractivity contribution in [3.63, 3.8) is 0 Å². The Hall–Kier alpha value is -2.50. The number of rotatable bonds is 6. The van der Waals surface area contributed by atoms with Crippen LogP contribution in [0, 0.1) is 0 Å². The van der Waals surface area contributed by atoms with Crippen LogP contribution in [-0.4, -0.2) is 23.8 Å². The van der Waals surface area contributed by atoms with Crippen LogP contribution in [0.1, 0.15) is 17.3 Å². The predicted molar refractivity (Wildman–Crippen MR) is 64.5 cm³/mol. The van der Waals surface area contributed by atoms with Gasteiger partial charge in [0.15, 0.2) is 0 Å². The third-order valence-electron chi connectivity index (χ3n) is 1.93. The fourth-order valence-corrected chi connectivity index (χ4v) is 1.25. The fraction of sp³-hybridized carbons (Fsp3) is 0.167. The lowest BCUT2D eigenvalue weighted by molar-refractivity contribution is -0.114. The highest BCUT2D eigenvalue weighted by atomic mass is 16.7. The summed E-state index contributed by atoms with van der Waals surface area (Å²) < 4.78 is 9.86. The average molecular weight is 251 g/mol. The van der Waals surface area contributed by atoms with Gasteiger partial charge in [-0.2, -0.15) is 0 Å². The van der Waals surface area contributed by atoms with Crippen LogP contribution in [0.5, 0.6) is 5.75 Å². The summed E-state index contributed by atoms with van der Waals surface area (Å²) in [6.45, 7) is 4.53. The highest BCUT2D eigenvalue weighted by molar-refractivity contribution is 5.95. The zero-order chi connectivity index (χ0) is 13.5. The summed E-state index contributed by atoms with van der Waals surface area (Å²) in [6.07, 6.45) is 1.19. The van der Waals surface area contributed by atoms with E-state index in [2.05, 4.69) is 11.9 Å². The van der Waals surface area contributed by atoms with Crippen LogP contribution in [0.25, 0.3) is 0 Å². The Bertz CT molecular complexity index is 470. The molecule has 0 radical (unpaired) electrons. The summed E-state index contributed by atoms with van der Waals surface area (Å²) >= 11 is 0. The number of nitrogens with one attached hydrogen (secondary N) is 1. The minimum absolute atomic E-state index is 0.0612. The van der Waals surface area contributed by atoms with Crippen LogP contribution in [0.4, 0.5) is 5.69 Å². The maximum absolute atomic E-state index is 11.0. The molecule has 0 aliphatic carbocycles. The summed E-state index contributed by atoms with van der Waals surface area (Å²) in [4.78, 5) is 21.9. The first-order chi connectivity index (χ1) is 8.54. The summed E-state index contributed by atoms with van der Waals surface area (Å²) in [5, 5.41) is 11.5. The van der Waals surface area contributed by atoms with E-state index in [4.69, 9.17) is 14.6 Å². The Labute approximate surface area is 104 Å². The van der Waals surface area contributed by atoms with Gasteiger partial charge in [0.2, 0.25) is 12.7 Å². The third-order valence-corrected chi connectivity index (χ3v) is 1.93. The fourth-order valence-electron chi connectivity index (χ4n) is 1.25. The largest absolute Gasteiger partial charge is 0.478 e. The van der Waals surface area contributed by atoms with Crippen LogP contribution in [0.3, 0.4) is 0 Å². The normalized spacial score (nSPS) is 9.39. The molecule has 0 unspecified atom stereocenters. The Morgan fingerprint density at radius 3 is 2.78 bits per heavy atom. The maximum atomic E-state index is 11.0. The molecule has 0 aliphatic rings. The first-order valence-electron chi connectivity index (χ1n) is 5.05. The molecule has 2 N–H and O–H groups in total. The van der Waals surface area contributed by atoms with Crippen molar-refractivity contribution in [3.05, 3.63) is 36.6 Å². The molecule has 0 aromatic heterocycles. The second-order valence-electron chi connectivity index (χ2n) is 3.29. The smallest absolute Gasteiger partial charge is 0.339 e. The molecule has 18 heavy (non-hydrogen) atoms. The van der Waals surface area contributed by atoms with Crippen molar-refractivity contribution in [2.75, 3.05) is 12.1 Å². The van der Waals surface area contributed by atoms with Gasteiger partial charge in [0.1, 0.15) is 11.3 Å². The summed E-state index contributed by atoms with van der Waals surface area (Å²) in [7, 11) is 0. The molecular formula is C12H13NO5. The molecule has 0 heterocycles. The number of benzene rings is 1. The molecule has 0 atom stereocenters. The van der Waals surface area contributed by atoms with Crippen molar-refractivity contribution >= 4 is 17.6 Å². The van der Waals surface area contributed by atoms with E-state index in [0.29, 0.717) is 5.69 Å². The third kappa shape index (κ3) is 3.82. The van der Waals surface area contributed by atoms with Crippen molar-refractivity contribution in [1.82, 2.24) is 0 Å². The zero-order valence-corrected chi connectivity index (χ0v) is 9.80. The maximum Gasteiger partial charge on any atom is 0.339 e. The lowest BCUT2D eigenvalue weighted by Crippen LogP contribution is -2.09. The Morgan fingerprint density at radius 2 is 2.22 bits per heavy atom. The summed E-state index contributed by atoms with van der Waals surface area (Å²) in [5.41, 5.74) is 0.325. The molecule has 0 aliphatic heterocycles. The topological polar surface area (TPSA) is 84.9 Å². The highest BCUT2D eigenvalue weighted by Crippen LogP contribution is 2.23. The number of carboxylic acid groups (broad SMARTS) is 1. The highest BCUT2D eigenvalue weighted by Gasteiger charge is 2.12. The Morgan fingerprint density at radius 1 is 1.50 bits per heavy atom. The monoisotopic (exact) mass is 251 g/mol. The van der Waals surface area contributed by atoms with Crippen LogP contribution in [-0.2, 0) is 9.53 Å². The standard InChI is InChI=1S/C12H13NO5/c1-3-17-7-18-11-5-4-9(13-8(2)14)6-10(11)12(15)16/h3-6H,1,7H2,2H3,(H,13,14)(H,15,16). The van der Waals surface area contributed by atoms with E-state index >= 15 is 0 Å². The summed E-state index contributed by atoms with van der Waals surface area (Å²) in [6, 6.07) is 4.30. The molecule has 0 fully saturated rings. The van der Waals surface area contributed by atoms with Crippen molar-refractivity contribution in [2.45, 2.75) is 6.92 Å². The summed E-state index contributed by atoms with van der Waals surface area (Å²) in [5.74, 6) is -1.29. The van der Waals surface area contributed by atoms with Gasteiger partial charge in [-0.15, -0.1) is 0 Å². The number of amides is 1. The molecule has 0 saturated carbocycles. The number of hydrogen-bond donors (Lipinski definition) is 2. The number of ether oxygens (including phenoxy) is 2. The minimum atomic E-state index is -1.16. The van der Waals surface area contributed by atoms with Gasteiger partial charge < -0.3 is 19.9 Å². The molecule has 1 aromatic rings. The number of anilines is 1. The van der Waals surface area contributed by atoms with Gasteiger partial charge in [-0.05, 0) is 18.2 Å². The SMILES string of the molecule is C=COCOc1ccc(NC(C)=O)cc1C(=O)O. The van der Waals surface area contributed by atoms with E-state index < -0.39 is 5.97 Å². The van der Waals surface area contributed by atoms with Crippen LogP contribution >= 0.6 is 0 Å². The van der Waals surface area contributed by atoms with E-state index in [1.807, 2.05) is 0 Å². The van der Waals surface area contributed by atoms with Crippen molar-refractivity contribution in [3.8, 4) is 5.75 Å². The Kier molecular flexibility index (Phi) is 4.74. The zero-order valence-electron chi connectivity index (χ0n) is 9.80. The second kappa shape index (κ2) is 6.29. The van der Waals surface area contributed by atoms with Gasteiger partial charge in [-0.25, -0.2) is 4.79 Å². The molecule has 0 saturated heterocycles. The lowest BCUT2D eigenvalue weighted by atomic mass is 10.2. The van der Waals surface area contributed by atoms with Crippen LogP contribution in [0.2, 0.25) is 0 Å².